The highest BCUT2D eigenvalue weighted by atomic mass is 16.6. The molecule has 0 unspecified atom stereocenters. The maximum Gasteiger partial charge on any atom is 0.344 e. The van der Waals surface area contributed by atoms with E-state index in [0.717, 1.165) is 37.0 Å². The fourth-order valence-electron chi connectivity index (χ4n) is 5.17. The predicted molar refractivity (Wildman–Crippen MR) is 88.3 cm³/mol. The minimum absolute atomic E-state index is 0.144. The maximum atomic E-state index is 11.9. The van der Waals surface area contributed by atoms with Gasteiger partial charge in [-0.15, -0.1) is 0 Å². The first kappa shape index (κ1) is 18.0. The molecule has 4 fully saturated rings. The number of hydrogen-bond acceptors (Lipinski definition) is 6. The topological polar surface area (TPSA) is 78.9 Å². The zero-order valence-electron chi connectivity index (χ0n) is 14.8. The highest BCUT2D eigenvalue weighted by molar-refractivity contribution is 5.88. The van der Waals surface area contributed by atoms with E-state index in [0.29, 0.717) is 6.61 Å². The van der Waals surface area contributed by atoms with Gasteiger partial charge >= 0.3 is 17.9 Å². The molecule has 4 bridgehead atoms. The average molecular weight is 350 g/mol. The molecule has 0 radical (unpaired) electrons. The van der Waals surface area contributed by atoms with Crippen molar-refractivity contribution in [2.24, 2.45) is 23.2 Å². The molecule has 0 aromatic carbocycles. The second-order valence-corrected chi connectivity index (χ2v) is 8.10. The summed E-state index contributed by atoms with van der Waals surface area (Å²) in [6.45, 7) is 4.34. The minimum Gasteiger partial charge on any atom is -0.463 e. The smallest absolute Gasteiger partial charge is 0.344 e. The quantitative estimate of drug-likeness (QED) is 0.399. The van der Waals surface area contributed by atoms with Gasteiger partial charge in [0.25, 0.3) is 0 Å². The van der Waals surface area contributed by atoms with Gasteiger partial charge in [0.1, 0.15) is 0 Å². The van der Waals surface area contributed by atoms with Crippen molar-refractivity contribution in [3.63, 3.8) is 0 Å². The molecule has 0 saturated heterocycles. The SMILES string of the molecule is C=C(C)C(=O)OCC(=O)OCC(=O)OCC12CC3CC(CC(C3)C1)C2. The Morgan fingerprint density at radius 2 is 1.36 bits per heavy atom. The third-order valence-electron chi connectivity index (χ3n) is 5.72. The summed E-state index contributed by atoms with van der Waals surface area (Å²) in [7, 11) is 0. The van der Waals surface area contributed by atoms with E-state index in [2.05, 4.69) is 11.3 Å². The van der Waals surface area contributed by atoms with Crippen LogP contribution in [-0.4, -0.2) is 37.7 Å². The van der Waals surface area contributed by atoms with Crippen molar-refractivity contribution in [2.75, 3.05) is 19.8 Å². The van der Waals surface area contributed by atoms with Gasteiger partial charge in [0.15, 0.2) is 13.2 Å². The molecule has 6 heteroatoms. The molecule has 4 aliphatic carbocycles. The molecule has 0 amide bonds. The molecule has 25 heavy (non-hydrogen) atoms. The van der Waals surface area contributed by atoms with E-state index < -0.39 is 31.1 Å². The predicted octanol–water partition coefficient (Wildman–Crippen LogP) is 2.41. The standard InChI is InChI=1S/C19H26O6/c1-12(2)18(22)24-10-16(20)23-9-17(21)25-11-19-6-13-3-14(7-19)5-15(4-13)8-19/h13-15H,1,3-11H2,2H3. The molecule has 0 atom stereocenters. The first-order valence-corrected chi connectivity index (χ1v) is 8.99. The van der Waals surface area contributed by atoms with Crippen LogP contribution in [0.15, 0.2) is 12.2 Å². The van der Waals surface area contributed by atoms with Crippen LogP contribution in [0.2, 0.25) is 0 Å². The lowest BCUT2D eigenvalue weighted by atomic mass is 9.50. The Bertz CT molecular complexity index is 543. The third-order valence-corrected chi connectivity index (χ3v) is 5.72. The Kier molecular flexibility index (Phi) is 5.16. The van der Waals surface area contributed by atoms with Crippen LogP contribution in [0.3, 0.4) is 0 Å². The largest absolute Gasteiger partial charge is 0.463 e. The van der Waals surface area contributed by atoms with Gasteiger partial charge in [-0.25, -0.2) is 14.4 Å². The van der Waals surface area contributed by atoms with E-state index >= 15 is 0 Å². The lowest BCUT2D eigenvalue weighted by molar-refractivity contribution is -0.168. The van der Waals surface area contributed by atoms with Crippen molar-refractivity contribution in [3.05, 3.63) is 12.2 Å². The van der Waals surface area contributed by atoms with Crippen LogP contribution < -0.4 is 0 Å². The van der Waals surface area contributed by atoms with Crippen LogP contribution in [0.1, 0.15) is 45.4 Å². The van der Waals surface area contributed by atoms with Gasteiger partial charge in [-0.3, -0.25) is 0 Å². The summed E-state index contributed by atoms with van der Waals surface area (Å²) in [5, 5.41) is 0. The highest BCUT2D eigenvalue weighted by Gasteiger charge is 2.51. The molecule has 138 valence electrons. The number of hydrogen-bond donors (Lipinski definition) is 0. The number of esters is 3. The van der Waals surface area contributed by atoms with Crippen LogP contribution >= 0.6 is 0 Å². The van der Waals surface area contributed by atoms with Crippen molar-refractivity contribution >= 4 is 17.9 Å². The van der Waals surface area contributed by atoms with Crippen molar-refractivity contribution in [2.45, 2.75) is 45.4 Å². The summed E-state index contributed by atoms with van der Waals surface area (Å²) in [4.78, 5) is 34.5. The molecule has 4 rings (SSSR count). The van der Waals surface area contributed by atoms with Crippen LogP contribution in [0.4, 0.5) is 0 Å². The van der Waals surface area contributed by atoms with E-state index in [-0.39, 0.29) is 11.0 Å². The van der Waals surface area contributed by atoms with E-state index in [4.69, 9.17) is 9.47 Å². The Morgan fingerprint density at radius 1 is 0.880 bits per heavy atom. The van der Waals surface area contributed by atoms with Gasteiger partial charge in [0.05, 0.1) is 6.61 Å². The zero-order chi connectivity index (χ0) is 18.0. The van der Waals surface area contributed by atoms with Gasteiger partial charge in [0, 0.05) is 11.0 Å². The zero-order valence-corrected chi connectivity index (χ0v) is 14.8. The summed E-state index contributed by atoms with van der Waals surface area (Å²) in [6.07, 6.45) is 7.49. The Balaban J connectivity index is 1.36. The third kappa shape index (κ3) is 4.41. The monoisotopic (exact) mass is 350 g/mol. The maximum absolute atomic E-state index is 11.9. The van der Waals surface area contributed by atoms with Gasteiger partial charge in [-0.2, -0.15) is 0 Å². The Labute approximate surface area is 147 Å². The second-order valence-electron chi connectivity index (χ2n) is 8.10. The van der Waals surface area contributed by atoms with E-state index in [1.165, 1.54) is 26.2 Å². The molecule has 0 aromatic rings. The van der Waals surface area contributed by atoms with Crippen LogP contribution in [0, 0.1) is 23.2 Å². The van der Waals surface area contributed by atoms with Crippen molar-refractivity contribution < 1.29 is 28.6 Å². The Morgan fingerprint density at radius 3 is 1.88 bits per heavy atom. The van der Waals surface area contributed by atoms with Gasteiger partial charge in [-0.1, -0.05) is 6.58 Å². The number of ether oxygens (including phenoxy) is 3. The second kappa shape index (κ2) is 7.18. The summed E-state index contributed by atoms with van der Waals surface area (Å²) < 4.78 is 14.8. The van der Waals surface area contributed by atoms with Crippen molar-refractivity contribution in [1.29, 1.82) is 0 Å². The molecular formula is C19H26O6. The lowest BCUT2D eigenvalue weighted by Gasteiger charge is -2.56. The van der Waals surface area contributed by atoms with Crippen molar-refractivity contribution in [3.8, 4) is 0 Å². The molecule has 4 aliphatic rings. The van der Waals surface area contributed by atoms with E-state index in [1.807, 2.05) is 0 Å². The number of carbonyl (C=O) groups is 3. The van der Waals surface area contributed by atoms with Gasteiger partial charge < -0.3 is 14.2 Å². The molecule has 0 aliphatic heterocycles. The minimum atomic E-state index is -0.777. The molecule has 6 nitrogen and oxygen atoms in total. The number of rotatable bonds is 7. The van der Waals surface area contributed by atoms with Crippen molar-refractivity contribution in [1.82, 2.24) is 0 Å². The summed E-state index contributed by atoms with van der Waals surface area (Å²) in [6, 6.07) is 0. The van der Waals surface area contributed by atoms with E-state index in [9.17, 15) is 14.4 Å². The molecule has 4 saturated carbocycles. The summed E-state index contributed by atoms with van der Waals surface area (Å²) in [5.41, 5.74) is 0.341. The van der Waals surface area contributed by atoms with Gasteiger partial charge in [0.2, 0.25) is 0 Å². The van der Waals surface area contributed by atoms with Crippen LogP contribution in [-0.2, 0) is 28.6 Å². The van der Waals surface area contributed by atoms with E-state index in [1.54, 1.807) is 0 Å². The average Bonchev–Trinajstić information content (AvgIpc) is 2.54. The van der Waals surface area contributed by atoms with Gasteiger partial charge in [-0.05, 0) is 63.2 Å². The first-order chi connectivity index (χ1) is 11.8. The molecule has 0 aromatic heterocycles. The van der Waals surface area contributed by atoms with Crippen LogP contribution in [0.25, 0.3) is 0 Å². The molecule has 0 heterocycles. The fraction of sp³-hybridized carbons (Fsp3) is 0.737. The normalized spacial score (nSPS) is 32.1. The van der Waals surface area contributed by atoms with Crippen LogP contribution in [0.5, 0.6) is 0 Å². The fourth-order valence-corrected chi connectivity index (χ4v) is 5.17. The lowest BCUT2D eigenvalue weighted by Crippen LogP contribution is -2.48. The molecule has 0 N–H and O–H groups in total. The summed E-state index contributed by atoms with van der Waals surface area (Å²) >= 11 is 0. The molecule has 0 spiro atoms. The first-order valence-electron chi connectivity index (χ1n) is 8.99. The Hall–Kier alpha value is -1.85. The number of carbonyl (C=O) groups excluding carboxylic acids is 3. The molecular weight excluding hydrogens is 324 g/mol. The summed E-state index contributed by atoms with van der Waals surface area (Å²) in [5.74, 6) is 0.403. The highest BCUT2D eigenvalue weighted by Crippen LogP contribution is 2.60.